The Morgan fingerprint density at radius 1 is 1.03 bits per heavy atom. The molecule has 0 unspecified atom stereocenters. The molecule has 0 amide bonds. The summed E-state index contributed by atoms with van der Waals surface area (Å²) in [7, 11) is 1.34. The summed E-state index contributed by atoms with van der Waals surface area (Å²) in [6.07, 6.45) is 1.73. The van der Waals surface area contributed by atoms with Crippen molar-refractivity contribution < 1.29 is 4.79 Å². The molecule has 202 valence electrons. The van der Waals surface area contributed by atoms with Gasteiger partial charge in [-0.2, -0.15) is 0 Å². The van der Waals surface area contributed by atoms with Gasteiger partial charge in [0.05, 0.1) is 12.3 Å². The van der Waals surface area contributed by atoms with Crippen LogP contribution in [0, 0.1) is 0 Å². The zero-order valence-electron chi connectivity index (χ0n) is 22.5. The Morgan fingerprint density at radius 3 is 2.31 bits per heavy atom. The van der Waals surface area contributed by atoms with Crippen molar-refractivity contribution in [3.63, 3.8) is 0 Å². The fourth-order valence-corrected chi connectivity index (χ4v) is 5.01. The van der Waals surface area contributed by atoms with Crippen LogP contribution in [0.3, 0.4) is 0 Å². The molecule has 0 bridgehead atoms. The van der Waals surface area contributed by atoms with Crippen molar-refractivity contribution in [1.82, 2.24) is 23.9 Å². The highest BCUT2D eigenvalue weighted by Crippen LogP contribution is 2.28. The third kappa shape index (κ3) is 5.80. The van der Waals surface area contributed by atoms with Gasteiger partial charge < -0.3 is 5.73 Å². The van der Waals surface area contributed by atoms with Gasteiger partial charge in [0.25, 0.3) is 5.56 Å². The predicted octanol–water partition coefficient (Wildman–Crippen LogP) is 3.89. The molecule has 0 saturated heterocycles. The second kappa shape index (κ2) is 11.3. The van der Waals surface area contributed by atoms with Crippen molar-refractivity contribution in [1.29, 1.82) is 0 Å². The van der Waals surface area contributed by atoms with Gasteiger partial charge in [0.1, 0.15) is 11.4 Å². The molecule has 2 aromatic heterocycles. The van der Waals surface area contributed by atoms with E-state index in [1.54, 1.807) is 6.08 Å². The van der Waals surface area contributed by atoms with Crippen LogP contribution in [0.4, 0.5) is 5.82 Å². The predicted molar refractivity (Wildman–Crippen MR) is 155 cm³/mol. The molecule has 4 aromatic rings. The van der Waals surface area contributed by atoms with E-state index in [9.17, 15) is 14.4 Å². The van der Waals surface area contributed by atoms with Crippen LogP contribution in [0.15, 0.2) is 82.0 Å². The maximum absolute atomic E-state index is 13.3. The number of thioether (sulfide) groups is 1. The lowest BCUT2D eigenvalue weighted by molar-refractivity contribution is 0.102. The van der Waals surface area contributed by atoms with Gasteiger partial charge in [-0.1, -0.05) is 93.2 Å². The maximum Gasteiger partial charge on any atom is 0.332 e. The quantitative estimate of drug-likeness (QED) is 0.193. The van der Waals surface area contributed by atoms with Crippen molar-refractivity contribution in [2.24, 2.45) is 7.05 Å². The number of rotatable bonds is 9. The van der Waals surface area contributed by atoms with Gasteiger partial charge in [-0.25, -0.2) is 4.79 Å². The van der Waals surface area contributed by atoms with Gasteiger partial charge in [-0.3, -0.25) is 23.3 Å². The summed E-state index contributed by atoms with van der Waals surface area (Å²) < 4.78 is 4.03. The molecule has 0 aliphatic rings. The average molecular weight is 545 g/mol. The van der Waals surface area contributed by atoms with E-state index in [0.717, 1.165) is 27.5 Å². The van der Waals surface area contributed by atoms with Gasteiger partial charge in [-0.05, 0) is 16.5 Å². The molecule has 0 aliphatic carbocycles. The molecular weight excluding hydrogens is 512 g/mol. The highest BCUT2D eigenvalue weighted by Gasteiger charge is 2.23. The molecule has 0 fully saturated rings. The van der Waals surface area contributed by atoms with Gasteiger partial charge in [0.15, 0.2) is 16.8 Å². The summed E-state index contributed by atoms with van der Waals surface area (Å²) >= 11 is 1.15. The minimum Gasteiger partial charge on any atom is -0.384 e. The number of nitrogens with zero attached hydrogens (tertiary/aromatic N) is 5. The van der Waals surface area contributed by atoms with Crippen LogP contribution in [-0.2, 0) is 25.6 Å². The Kier molecular flexibility index (Phi) is 8.06. The summed E-state index contributed by atoms with van der Waals surface area (Å²) in [5.41, 5.74) is 7.66. The van der Waals surface area contributed by atoms with Crippen LogP contribution >= 0.6 is 11.8 Å². The van der Waals surface area contributed by atoms with Crippen molar-refractivity contribution >= 4 is 23.4 Å². The average Bonchev–Trinajstić information content (AvgIpc) is 3.31. The molecule has 0 spiro atoms. The normalized spacial score (nSPS) is 11.5. The SMILES string of the molecule is C=CCn1c(SCC(=O)c2c(N)n(Cc3ccccc3)c(=O)n(C)c2=O)nnc1-c1ccc(C(C)(C)C)cc1. The lowest BCUT2D eigenvalue weighted by atomic mass is 9.87. The molecular formula is C29H32N6O3S. The Bertz CT molecular complexity index is 1630. The molecule has 10 heteroatoms. The monoisotopic (exact) mass is 544 g/mol. The van der Waals surface area contributed by atoms with Crippen molar-refractivity contribution in [3.8, 4) is 11.4 Å². The zero-order chi connectivity index (χ0) is 28.3. The molecule has 0 aliphatic heterocycles. The second-order valence-corrected chi connectivity index (χ2v) is 11.2. The van der Waals surface area contributed by atoms with E-state index in [0.29, 0.717) is 17.5 Å². The second-order valence-electron chi connectivity index (χ2n) is 10.2. The van der Waals surface area contributed by atoms with E-state index in [1.165, 1.54) is 17.2 Å². The van der Waals surface area contributed by atoms with E-state index in [2.05, 4.69) is 49.7 Å². The van der Waals surface area contributed by atoms with Crippen LogP contribution in [-0.4, -0.2) is 35.4 Å². The number of carbonyl (C=O) groups is 1. The van der Waals surface area contributed by atoms with Crippen molar-refractivity contribution in [2.75, 3.05) is 11.5 Å². The first-order valence-corrected chi connectivity index (χ1v) is 13.5. The first-order chi connectivity index (χ1) is 18.5. The number of hydrogen-bond donors (Lipinski definition) is 1. The highest BCUT2D eigenvalue weighted by molar-refractivity contribution is 7.99. The van der Waals surface area contributed by atoms with Crippen LogP contribution in [0.25, 0.3) is 11.4 Å². The van der Waals surface area contributed by atoms with Gasteiger partial charge in [-0.15, -0.1) is 16.8 Å². The number of Topliss-reactive ketones (excluding diaryl/α,β-unsaturated/α-hetero) is 1. The first-order valence-electron chi connectivity index (χ1n) is 12.5. The number of anilines is 1. The fraction of sp³-hybridized carbons (Fsp3) is 0.276. The Hall–Kier alpha value is -4.18. The number of carbonyl (C=O) groups excluding carboxylic acids is 1. The Morgan fingerprint density at radius 2 is 1.69 bits per heavy atom. The van der Waals surface area contributed by atoms with Crippen LogP contribution in [0.5, 0.6) is 0 Å². The third-order valence-electron chi connectivity index (χ3n) is 6.42. The minimum absolute atomic E-state index is 0.0249. The van der Waals surface area contributed by atoms with E-state index < -0.39 is 17.0 Å². The Balaban J connectivity index is 1.62. The van der Waals surface area contributed by atoms with E-state index in [1.807, 2.05) is 47.0 Å². The molecule has 2 N–H and O–H groups in total. The summed E-state index contributed by atoms with van der Waals surface area (Å²) in [4.78, 5) is 39.0. The van der Waals surface area contributed by atoms with Gasteiger partial charge in [0, 0.05) is 19.2 Å². The number of ketones is 1. The maximum atomic E-state index is 13.3. The van der Waals surface area contributed by atoms with Crippen molar-refractivity contribution in [2.45, 2.75) is 44.4 Å². The molecule has 2 heterocycles. The third-order valence-corrected chi connectivity index (χ3v) is 7.38. The number of allylic oxidation sites excluding steroid dienone is 1. The number of aromatic nitrogens is 5. The number of hydrogen-bond acceptors (Lipinski definition) is 7. The van der Waals surface area contributed by atoms with Gasteiger partial charge in [0.2, 0.25) is 0 Å². The Labute approximate surface area is 231 Å². The lowest BCUT2D eigenvalue weighted by Crippen LogP contribution is -2.43. The summed E-state index contributed by atoms with van der Waals surface area (Å²) in [5, 5.41) is 9.18. The molecule has 39 heavy (non-hydrogen) atoms. The topological polar surface area (TPSA) is 118 Å². The molecule has 4 rings (SSSR count). The first kappa shape index (κ1) is 27.8. The molecule has 2 aromatic carbocycles. The van der Waals surface area contributed by atoms with E-state index >= 15 is 0 Å². The summed E-state index contributed by atoms with van der Waals surface area (Å²) in [6.45, 7) is 10.9. The zero-order valence-corrected chi connectivity index (χ0v) is 23.4. The smallest absolute Gasteiger partial charge is 0.332 e. The largest absolute Gasteiger partial charge is 0.384 e. The van der Waals surface area contributed by atoms with Crippen molar-refractivity contribution in [3.05, 3.63) is 105 Å². The number of nitrogen functional groups attached to an aromatic ring is 1. The molecule has 0 radical (unpaired) electrons. The van der Waals surface area contributed by atoms with Crippen LogP contribution < -0.4 is 17.0 Å². The summed E-state index contributed by atoms with van der Waals surface area (Å²) in [5.74, 6) is -0.104. The lowest BCUT2D eigenvalue weighted by Gasteiger charge is -2.19. The fourth-order valence-electron chi connectivity index (χ4n) is 4.19. The standard InChI is InChI=1S/C29H32N6O3S/c1-6-16-34-25(20-12-14-21(15-13-20)29(2,3)4)31-32-27(34)39-18-22(36)23-24(30)35(28(38)33(5)26(23)37)17-19-10-8-7-9-11-19/h6-15H,1,16-18,30H2,2-5H3. The van der Waals surface area contributed by atoms with E-state index in [-0.39, 0.29) is 29.1 Å². The molecule has 0 atom stereocenters. The van der Waals surface area contributed by atoms with Crippen LogP contribution in [0.1, 0.15) is 42.3 Å². The van der Waals surface area contributed by atoms with Gasteiger partial charge >= 0.3 is 5.69 Å². The number of nitrogens with two attached hydrogens (primary N) is 1. The molecule has 9 nitrogen and oxygen atoms in total. The minimum atomic E-state index is -0.723. The van der Waals surface area contributed by atoms with Crippen LogP contribution in [0.2, 0.25) is 0 Å². The van der Waals surface area contributed by atoms with E-state index in [4.69, 9.17) is 5.73 Å². The highest BCUT2D eigenvalue weighted by atomic mass is 32.2. The summed E-state index contributed by atoms with van der Waals surface area (Å²) in [6, 6.07) is 17.4. The molecule has 0 saturated carbocycles. The number of benzene rings is 2.